The Labute approximate surface area is 342 Å². The first-order valence-electron chi connectivity index (χ1n) is 20.2. The number of nitrogens with one attached hydrogen (secondary N) is 3. The van der Waals surface area contributed by atoms with Crippen LogP contribution in [-0.2, 0) is 33.3 Å². The van der Waals surface area contributed by atoms with E-state index in [0.29, 0.717) is 71.4 Å². The number of amides is 2. The number of rotatable bonds is 28. The number of carbonyl (C=O) groups excluding carboxylic acids is 2. The molecule has 0 bridgehead atoms. The maximum Gasteiger partial charge on any atom is 0.305 e. The molecule has 1 aromatic heterocycles. The summed E-state index contributed by atoms with van der Waals surface area (Å²) in [7, 11) is 0. The second-order valence-corrected chi connectivity index (χ2v) is 14.3. The van der Waals surface area contributed by atoms with E-state index in [2.05, 4.69) is 27.9 Å². The summed E-state index contributed by atoms with van der Waals surface area (Å²) in [6.07, 6.45) is 3.17. The molecule has 2 atom stereocenters. The van der Waals surface area contributed by atoms with Crippen LogP contribution in [0.3, 0.4) is 0 Å². The number of aryl methyl sites for hydroxylation is 1. The third-order valence-electron chi connectivity index (χ3n) is 9.22. The van der Waals surface area contributed by atoms with Crippen LogP contribution in [0, 0.1) is 12.8 Å². The van der Waals surface area contributed by atoms with Gasteiger partial charge in [0.2, 0.25) is 11.8 Å². The number of hydrogen-bond acceptors (Lipinski definition) is 10. The zero-order chi connectivity index (χ0) is 41.5. The van der Waals surface area contributed by atoms with Crippen LogP contribution < -0.4 is 20.7 Å². The van der Waals surface area contributed by atoms with Gasteiger partial charge in [0, 0.05) is 31.2 Å². The molecule has 1 heterocycles. The van der Waals surface area contributed by atoms with Crippen molar-refractivity contribution in [2.45, 2.75) is 65.5 Å². The Bertz CT molecular complexity index is 1850. The molecule has 2 amide bonds. The van der Waals surface area contributed by atoms with Crippen molar-refractivity contribution in [2.75, 3.05) is 71.3 Å². The summed E-state index contributed by atoms with van der Waals surface area (Å²) >= 11 is 0. The van der Waals surface area contributed by atoms with Crippen LogP contribution in [0.1, 0.15) is 63.6 Å². The van der Waals surface area contributed by atoms with Gasteiger partial charge in [-0.15, -0.1) is 0 Å². The lowest BCUT2D eigenvalue weighted by Crippen LogP contribution is -2.50. The molecule has 0 saturated carbocycles. The lowest BCUT2D eigenvalue weighted by Gasteiger charge is -2.25. The van der Waals surface area contributed by atoms with Gasteiger partial charge in [0.05, 0.1) is 58.7 Å². The molecule has 58 heavy (non-hydrogen) atoms. The number of carboxylic acids is 1. The van der Waals surface area contributed by atoms with E-state index < -0.39 is 24.0 Å². The van der Waals surface area contributed by atoms with Gasteiger partial charge in [-0.05, 0) is 71.5 Å². The van der Waals surface area contributed by atoms with Gasteiger partial charge in [-0.1, -0.05) is 75.4 Å². The Balaban J connectivity index is 1.28. The highest BCUT2D eigenvalue weighted by Gasteiger charge is 2.27. The van der Waals surface area contributed by atoms with Crippen molar-refractivity contribution in [3.8, 4) is 16.9 Å². The van der Waals surface area contributed by atoms with E-state index in [-0.39, 0.29) is 24.7 Å². The largest absolute Gasteiger partial charge is 0.491 e. The lowest BCUT2D eigenvalue weighted by atomic mass is 9.95. The van der Waals surface area contributed by atoms with E-state index in [1.807, 2.05) is 93.6 Å². The van der Waals surface area contributed by atoms with E-state index in [0.717, 1.165) is 52.1 Å². The van der Waals surface area contributed by atoms with Crippen molar-refractivity contribution in [3.05, 3.63) is 90.1 Å². The van der Waals surface area contributed by atoms with Crippen LogP contribution >= 0.6 is 0 Å². The first-order valence-corrected chi connectivity index (χ1v) is 20.2. The van der Waals surface area contributed by atoms with Crippen LogP contribution in [0.5, 0.6) is 5.75 Å². The smallest absolute Gasteiger partial charge is 0.305 e. The molecular weight excluding hydrogens is 741 g/mol. The van der Waals surface area contributed by atoms with E-state index >= 15 is 0 Å². The van der Waals surface area contributed by atoms with Gasteiger partial charge in [0.15, 0.2) is 0 Å². The van der Waals surface area contributed by atoms with Gasteiger partial charge in [0.1, 0.15) is 24.2 Å². The minimum atomic E-state index is -1.06. The normalized spacial score (nSPS) is 12.3. The molecule has 314 valence electrons. The van der Waals surface area contributed by atoms with Crippen molar-refractivity contribution in [2.24, 2.45) is 5.92 Å². The summed E-state index contributed by atoms with van der Waals surface area (Å²) < 4.78 is 28.2. The van der Waals surface area contributed by atoms with Crippen LogP contribution in [0.25, 0.3) is 21.9 Å². The Morgan fingerprint density at radius 3 is 2.02 bits per heavy atom. The number of anilines is 1. The second kappa shape index (κ2) is 25.3. The number of carbonyl (C=O) groups is 3. The van der Waals surface area contributed by atoms with Gasteiger partial charge >= 0.3 is 5.97 Å². The van der Waals surface area contributed by atoms with Crippen LogP contribution in [0.4, 0.5) is 5.82 Å². The summed E-state index contributed by atoms with van der Waals surface area (Å²) in [5.41, 5.74) is 3.62. The molecule has 4 aromatic rings. The molecule has 13 heteroatoms. The molecule has 4 rings (SSSR count). The van der Waals surface area contributed by atoms with Crippen LogP contribution in [0.2, 0.25) is 0 Å². The van der Waals surface area contributed by atoms with Crippen LogP contribution in [0.15, 0.2) is 79.0 Å². The zero-order valence-electron chi connectivity index (χ0n) is 34.3. The molecule has 0 aliphatic rings. The molecule has 0 aliphatic heterocycles. The fourth-order valence-corrected chi connectivity index (χ4v) is 6.23. The van der Waals surface area contributed by atoms with Gasteiger partial charge in [-0.3, -0.25) is 14.4 Å². The molecule has 0 radical (unpaired) electrons. The summed E-state index contributed by atoms with van der Waals surface area (Å²) in [6.45, 7) is 12.9. The number of nitrogens with zero attached hydrogens (tertiary/aromatic N) is 1. The van der Waals surface area contributed by atoms with Crippen molar-refractivity contribution >= 4 is 34.4 Å². The predicted molar refractivity (Wildman–Crippen MR) is 225 cm³/mol. The van der Waals surface area contributed by atoms with Gasteiger partial charge < -0.3 is 44.7 Å². The lowest BCUT2D eigenvalue weighted by molar-refractivity contribution is -0.138. The first-order chi connectivity index (χ1) is 28.2. The molecule has 0 fully saturated rings. The van der Waals surface area contributed by atoms with E-state index in [1.165, 1.54) is 0 Å². The standard InChI is InChI=1S/C45H60N4O9/c1-5-21-54-22-23-55-24-25-56-26-27-57-28-29-58-40-17-16-36(37-9-6-7-10-38(37)40)34-12-14-35(15-13-34)39(31-43(51)52)48-45(53)44(32(2)3)49-42(50)11-8-19-46-41-30-33(4)18-20-47-41/h6-7,9-10,12-18,20,30,32,39,44H,5,8,11,19,21-29,31H2,1-4H3,(H,46,47)(H,48,53)(H,49,50)(H,51,52)/t39-,44-/m0/s1. The third-order valence-corrected chi connectivity index (χ3v) is 9.22. The summed E-state index contributed by atoms with van der Waals surface area (Å²) in [6, 6.07) is 21.6. The summed E-state index contributed by atoms with van der Waals surface area (Å²) in [5.74, 6) is -0.496. The number of pyridine rings is 1. The quantitative estimate of drug-likeness (QED) is 0.0450. The molecule has 3 aromatic carbocycles. The average Bonchev–Trinajstić information content (AvgIpc) is 3.21. The number of ether oxygens (including phenoxy) is 5. The average molecular weight is 801 g/mol. The number of benzene rings is 3. The topological polar surface area (TPSA) is 167 Å². The van der Waals surface area contributed by atoms with E-state index in [1.54, 1.807) is 6.20 Å². The highest BCUT2D eigenvalue weighted by atomic mass is 16.6. The molecular formula is C45H60N4O9. The maximum absolute atomic E-state index is 13.5. The van der Waals surface area contributed by atoms with Gasteiger partial charge in [0.25, 0.3) is 0 Å². The third kappa shape index (κ3) is 15.7. The monoisotopic (exact) mass is 800 g/mol. The van der Waals surface area contributed by atoms with E-state index in [4.69, 9.17) is 23.7 Å². The molecule has 13 nitrogen and oxygen atoms in total. The Morgan fingerprint density at radius 2 is 1.40 bits per heavy atom. The number of aliphatic carboxylic acids is 1. The minimum absolute atomic E-state index is 0.217. The Hall–Kier alpha value is -5.08. The molecule has 0 unspecified atom stereocenters. The Morgan fingerprint density at radius 1 is 0.759 bits per heavy atom. The minimum Gasteiger partial charge on any atom is -0.491 e. The molecule has 0 spiro atoms. The Kier molecular flexibility index (Phi) is 19.9. The SMILES string of the molecule is CCCOCCOCCOCCOCCOc1ccc(-c2ccc([C@H](CC(=O)O)NC(=O)[C@@H](NC(=O)CCCNc3cc(C)ccn3)C(C)C)cc2)c2ccccc12. The van der Waals surface area contributed by atoms with Crippen LogP contribution in [-0.4, -0.2) is 99.9 Å². The fraction of sp³-hybridized carbons (Fsp3) is 0.467. The van der Waals surface area contributed by atoms with Crippen molar-refractivity contribution in [1.29, 1.82) is 0 Å². The van der Waals surface area contributed by atoms with Crippen molar-refractivity contribution < 1.29 is 43.2 Å². The molecule has 0 aliphatic carbocycles. The zero-order valence-corrected chi connectivity index (χ0v) is 34.3. The van der Waals surface area contributed by atoms with E-state index in [9.17, 15) is 19.5 Å². The summed E-state index contributed by atoms with van der Waals surface area (Å²) in [5, 5.41) is 20.7. The number of fused-ring (bicyclic) bond motifs is 1. The number of hydrogen-bond donors (Lipinski definition) is 4. The first kappa shape index (κ1) is 45.6. The van der Waals surface area contributed by atoms with Gasteiger partial charge in [-0.25, -0.2) is 4.98 Å². The van der Waals surface area contributed by atoms with Crippen molar-refractivity contribution in [1.82, 2.24) is 15.6 Å². The highest BCUT2D eigenvalue weighted by molar-refractivity contribution is 6.00. The summed E-state index contributed by atoms with van der Waals surface area (Å²) in [4.78, 5) is 42.6. The maximum atomic E-state index is 13.5. The second-order valence-electron chi connectivity index (χ2n) is 14.3. The fourth-order valence-electron chi connectivity index (χ4n) is 6.23. The predicted octanol–water partition coefficient (Wildman–Crippen LogP) is 6.73. The molecule has 4 N–H and O–H groups in total. The highest BCUT2D eigenvalue weighted by Crippen LogP contribution is 2.35. The molecule has 0 saturated heterocycles. The number of carboxylic acid groups (broad SMARTS) is 1. The number of aromatic nitrogens is 1. The van der Waals surface area contributed by atoms with Crippen molar-refractivity contribution in [3.63, 3.8) is 0 Å². The van der Waals surface area contributed by atoms with Gasteiger partial charge in [-0.2, -0.15) is 0 Å².